The van der Waals surface area contributed by atoms with Gasteiger partial charge in [-0.25, -0.2) is 0 Å². The van der Waals surface area contributed by atoms with Gasteiger partial charge in [0.15, 0.2) is 0 Å². The molecule has 0 unspecified atom stereocenters. The number of ether oxygens (including phenoxy) is 2. The van der Waals surface area contributed by atoms with Crippen molar-refractivity contribution in [3.8, 4) is 5.75 Å². The molecule has 3 nitrogen and oxygen atoms in total. The van der Waals surface area contributed by atoms with E-state index in [1.807, 2.05) is 51.1 Å². The molecule has 0 radical (unpaired) electrons. The van der Waals surface area contributed by atoms with E-state index in [-0.39, 0.29) is 5.97 Å². The van der Waals surface area contributed by atoms with Gasteiger partial charge in [0.25, 0.3) is 0 Å². The molecular weight excluding hydrogens is 240 g/mol. The number of rotatable bonds is 7. The van der Waals surface area contributed by atoms with E-state index in [1.165, 1.54) is 5.57 Å². The summed E-state index contributed by atoms with van der Waals surface area (Å²) in [5, 5.41) is 0. The first-order chi connectivity index (χ1) is 9.11. The van der Waals surface area contributed by atoms with E-state index in [0.717, 1.165) is 11.3 Å². The summed E-state index contributed by atoms with van der Waals surface area (Å²) >= 11 is 0. The van der Waals surface area contributed by atoms with Gasteiger partial charge in [0.1, 0.15) is 12.4 Å². The molecule has 1 rings (SSSR count). The fourth-order valence-electron chi connectivity index (χ4n) is 1.54. The van der Waals surface area contributed by atoms with Crippen molar-refractivity contribution in [2.24, 2.45) is 0 Å². The highest BCUT2D eigenvalue weighted by Crippen LogP contribution is 2.13. The first-order valence-electron chi connectivity index (χ1n) is 6.62. The normalized spacial score (nSPS) is 9.84. The van der Waals surface area contributed by atoms with Gasteiger partial charge in [-0.1, -0.05) is 17.7 Å². The quantitative estimate of drug-likeness (QED) is 0.557. The number of carbonyl (C=O) groups is 1. The molecule has 0 spiro atoms. The lowest BCUT2D eigenvalue weighted by Gasteiger charge is -2.05. The standard InChI is InChI=1S/C16H22O3/c1-4-18-16(17)10-7-14-5-8-15(9-6-14)19-12-11-13(2)3/h5-6,8-9,11H,4,7,10,12H2,1-3H3. The Morgan fingerprint density at radius 2 is 1.89 bits per heavy atom. The minimum Gasteiger partial charge on any atom is -0.490 e. The van der Waals surface area contributed by atoms with Crippen LogP contribution in [0.3, 0.4) is 0 Å². The van der Waals surface area contributed by atoms with Crippen molar-refractivity contribution in [1.82, 2.24) is 0 Å². The Hall–Kier alpha value is -1.77. The Bertz CT molecular complexity index is 414. The lowest BCUT2D eigenvalue weighted by Crippen LogP contribution is -2.05. The molecule has 0 saturated carbocycles. The maximum absolute atomic E-state index is 11.2. The topological polar surface area (TPSA) is 35.5 Å². The maximum Gasteiger partial charge on any atom is 0.306 e. The predicted octanol–water partition coefficient (Wildman–Crippen LogP) is 3.53. The van der Waals surface area contributed by atoms with Crippen LogP contribution < -0.4 is 4.74 Å². The fourth-order valence-corrected chi connectivity index (χ4v) is 1.54. The van der Waals surface area contributed by atoms with Crippen molar-refractivity contribution in [2.45, 2.75) is 33.6 Å². The Kier molecular flexibility index (Phi) is 6.72. The van der Waals surface area contributed by atoms with E-state index in [1.54, 1.807) is 0 Å². The van der Waals surface area contributed by atoms with Crippen LogP contribution in [0.15, 0.2) is 35.9 Å². The summed E-state index contributed by atoms with van der Waals surface area (Å²) in [6.45, 7) is 6.93. The maximum atomic E-state index is 11.2. The molecule has 0 bridgehead atoms. The third-order valence-electron chi connectivity index (χ3n) is 2.59. The molecule has 0 amide bonds. The molecule has 3 heteroatoms. The van der Waals surface area contributed by atoms with Gasteiger partial charge in [0, 0.05) is 6.42 Å². The van der Waals surface area contributed by atoms with Crippen molar-refractivity contribution < 1.29 is 14.3 Å². The van der Waals surface area contributed by atoms with Crippen LogP contribution in [-0.4, -0.2) is 19.2 Å². The number of carbonyl (C=O) groups excluding carboxylic acids is 1. The summed E-state index contributed by atoms with van der Waals surface area (Å²) in [4.78, 5) is 11.2. The minimum absolute atomic E-state index is 0.147. The van der Waals surface area contributed by atoms with E-state index >= 15 is 0 Å². The third-order valence-corrected chi connectivity index (χ3v) is 2.59. The van der Waals surface area contributed by atoms with Crippen LogP contribution in [0.25, 0.3) is 0 Å². The zero-order chi connectivity index (χ0) is 14.1. The van der Waals surface area contributed by atoms with E-state index in [9.17, 15) is 4.79 Å². The molecule has 0 atom stereocenters. The summed E-state index contributed by atoms with van der Waals surface area (Å²) in [5.74, 6) is 0.698. The first-order valence-corrected chi connectivity index (χ1v) is 6.62. The Morgan fingerprint density at radius 1 is 1.21 bits per heavy atom. The molecular formula is C16H22O3. The van der Waals surface area contributed by atoms with Crippen LogP contribution in [0.5, 0.6) is 5.75 Å². The molecule has 0 aliphatic rings. The van der Waals surface area contributed by atoms with Crippen molar-refractivity contribution in [3.05, 3.63) is 41.5 Å². The lowest BCUT2D eigenvalue weighted by atomic mass is 10.1. The van der Waals surface area contributed by atoms with Crippen LogP contribution >= 0.6 is 0 Å². The van der Waals surface area contributed by atoms with Crippen molar-refractivity contribution in [1.29, 1.82) is 0 Å². The monoisotopic (exact) mass is 262 g/mol. The highest BCUT2D eigenvalue weighted by atomic mass is 16.5. The fraction of sp³-hybridized carbons (Fsp3) is 0.438. The molecule has 1 aromatic carbocycles. The Morgan fingerprint density at radius 3 is 2.47 bits per heavy atom. The highest BCUT2D eigenvalue weighted by Gasteiger charge is 2.02. The minimum atomic E-state index is -0.147. The average Bonchev–Trinajstić information content (AvgIpc) is 2.38. The lowest BCUT2D eigenvalue weighted by molar-refractivity contribution is -0.143. The number of allylic oxidation sites excluding steroid dienone is 1. The molecule has 0 aliphatic heterocycles. The highest BCUT2D eigenvalue weighted by molar-refractivity contribution is 5.69. The molecule has 0 aromatic heterocycles. The van der Waals surface area contributed by atoms with Crippen molar-refractivity contribution in [3.63, 3.8) is 0 Å². The van der Waals surface area contributed by atoms with Crippen LogP contribution in [0.2, 0.25) is 0 Å². The van der Waals surface area contributed by atoms with Gasteiger partial charge in [-0.05, 0) is 51.0 Å². The second-order valence-electron chi connectivity index (χ2n) is 4.54. The van der Waals surface area contributed by atoms with Gasteiger partial charge in [-0.2, -0.15) is 0 Å². The van der Waals surface area contributed by atoms with Gasteiger partial charge in [0.05, 0.1) is 6.61 Å². The molecule has 0 aliphatic carbocycles. The second kappa shape index (κ2) is 8.35. The smallest absolute Gasteiger partial charge is 0.306 e. The summed E-state index contributed by atoms with van der Waals surface area (Å²) < 4.78 is 10.5. The average molecular weight is 262 g/mol. The summed E-state index contributed by atoms with van der Waals surface area (Å²) in [6, 6.07) is 7.83. The van der Waals surface area contributed by atoms with E-state index < -0.39 is 0 Å². The zero-order valence-corrected chi connectivity index (χ0v) is 11.9. The van der Waals surface area contributed by atoms with Gasteiger partial charge >= 0.3 is 5.97 Å². The van der Waals surface area contributed by atoms with E-state index in [0.29, 0.717) is 26.1 Å². The van der Waals surface area contributed by atoms with Crippen LogP contribution in [0.1, 0.15) is 32.8 Å². The molecule has 104 valence electrons. The molecule has 0 fully saturated rings. The SMILES string of the molecule is CCOC(=O)CCc1ccc(OCC=C(C)C)cc1. The number of esters is 1. The van der Waals surface area contributed by atoms with E-state index in [4.69, 9.17) is 9.47 Å². The van der Waals surface area contributed by atoms with Crippen molar-refractivity contribution >= 4 is 5.97 Å². The van der Waals surface area contributed by atoms with Crippen molar-refractivity contribution in [2.75, 3.05) is 13.2 Å². The first kappa shape index (κ1) is 15.3. The summed E-state index contributed by atoms with van der Waals surface area (Å²) in [5.41, 5.74) is 2.36. The third kappa shape index (κ3) is 6.65. The number of hydrogen-bond acceptors (Lipinski definition) is 3. The zero-order valence-electron chi connectivity index (χ0n) is 11.9. The van der Waals surface area contributed by atoms with Crippen LogP contribution in [0, 0.1) is 0 Å². The molecule has 0 heterocycles. The number of hydrogen-bond donors (Lipinski definition) is 0. The predicted molar refractivity (Wildman–Crippen MR) is 76.3 cm³/mol. The second-order valence-corrected chi connectivity index (χ2v) is 4.54. The van der Waals surface area contributed by atoms with E-state index in [2.05, 4.69) is 0 Å². The van der Waals surface area contributed by atoms with Crippen LogP contribution in [0.4, 0.5) is 0 Å². The molecule has 1 aromatic rings. The number of benzene rings is 1. The Labute approximate surface area is 115 Å². The number of aryl methyl sites for hydroxylation is 1. The van der Waals surface area contributed by atoms with Gasteiger partial charge in [-0.3, -0.25) is 4.79 Å². The van der Waals surface area contributed by atoms with Gasteiger partial charge in [-0.15, -0.1) is 0 Å². The molecule has 0 saturated heterocycles. The van der Waals surface area contributed by atoms with Gasteiger partial charge in [0.2, 0.25) is 0 Å². The molecule has 0 N–H and O–H groups in total. The summed E-state index contributed by atoms with van der Waals surface area (Å²) in [6.07, 6.45) is 3.16. The van der Waals surface area contributed by atoms with Gasteiger partial charge < -0.3 is 9.47 Å². The Balaban J connectivity index is 2.39. The summed E-state index contributed by atoms with van der Waals surface area (Å²) in [7, 11) is 0. The largest absolute Gasteiger partial charge is 0.490 e. The molecule has 19 heavy (non-hydrogen) atoms. The van der Waals surface area contributed by atoms with Crippen LogP contribution in [-0.2, 0) is 16.0 Å².